The molecule has 1 aromatic carbocycles. The first kappa shape index (κ1) is 9.09. The van der Waals surface area contributed by atoms with E-state index in [-0.39, 0.29) is 16.5 Å². The minimum atomic E-state index is -0.355. The monoisotopic (exact) mass is 211 g/mol. The van der Waals surface area contributed by atoms with E-state index in [0.29, 0.717) is 0 Å². The molecule has 3 nitrogen and oxygen atoms in total. The molecule has 1 unspecified atom stereocenters. The van der Waals surface area contributed by atoms with E-state index in [2.05, 4.69) is 18.2 Å². The summed E-state index contributed by atoms with van der Waals surface area (Å²) in [6, 6.07) is 5.04. The summed E-state index contributed by atoms with van der Waals surface area (Å²) < 4.78 is 0. The highest BCUT2D eigenvalue weighted by molar-refractivity contribution is 5.74. The molecular weight excluding hydrogens is 202 g/mol. The molecule has 0 radical (unpaired) electrons. The van der Waals surface area contributed by atoms with E-state index in [9.17, 15) is 10.1 Å². The molecule has 0 fully saturated rings. The number of nitro benzene ring substituents is 1. The van der Waals surface area contributed by atoms with Crippen LogP contribution in [0.1, 0.15) is 0 Å². The first-order chi connectivity index (χ1) is 7.75. The van der Waals surface area contributed by atoms with E-state index < -0.39 is 0 Å². The van der Waals surface area contributed by atoms with E-state index in [4.69, 9.17) is 0 Å². The van der Waals surface area contributed by atoms with E-state index >= 15 is 0 Å². The van der Waals surface area contributed by atoms with Crippen molar-refractivity contribution < 1.29 is 4.92 Å². The maximum atomic E-state index is 10.7. The van der Waals surface area contributed by atoms with Crippen LogP contribution < -0.4 is 10.4 Å². The third-order valence-corrected chi connectivity index (χ3v) is 2.98. The van der Waals surface area contributed by atoms with Crippen molar-refractivity contribution >= 4 is 17.3 Å². The average molecular weight is 211 g/mol. The van der Waals surface area contributed by atoms with Gasteiger partial charge < -0.3 is 0 Å². The van der Waals surface area contributed by atoms with Gasteiger partial charge in [-0.3, -0.25) is 10.1 Å². The predicted molar refractivity (Wildman–Crippen MR) is 62.0 cm³/mol. The molecule has 1 atom stereocenters. The van der Waals surface area contributed by atoms with Crippen molar-refractivity contribution in [2.75, 3.05) is 0 Å². The van der Waals surface area contributed by atoms with Crippen LogP contribution in [-0.4, -0.2) is 4.92 Å². The molecule has 2 aliphatic rings. The molecule has 0 spiro atoms. The lowest BCUT2D eigenvalue weighted by molar-refractivity contribution is -0.385. The zero-order valence-corrected chi connectivity index (χ0v) is 8.46. The van der Waals surface area contributed by atoms with Crippen molar-refractivity contribution in [3.05, 3.63) is 63.1 Å². The number of benzene rings is 1. The molecule has 0 aromatic heterocycles. The second-order valence-electron chi connectivity index (χ2n) is 3.92. The maximum Gasteiger partial charge on any atom is 0.270 e. The Hall–Kier alpha value is -2.16. The van der Waals surface area contributed by atoms with Gasteiger partial charge in [-0.15, -0.1) is 0 Å². The molecule has 0 N–H and O–H groups in total. The summed E-state index contributed by atoms with van der Waals surface area (Å²) in [5.74, 6) is 0.280. The van der Waals surface area contributed by atoms with Crippen molar-refractivity contribution in [3.8, 4) is 0 Å². The van der Waals surface area contributed by atoms with Gasteiger partial charge in [-0.25, -0.2) is 0 Å². The largest absolute Gasteiger partial charge is 0.270 e. The fourth-order valence-electron chi connectivity index (χ4n) is 2.23. The lowest BCUT2D eigenvalue weighted by Gasteiger charge is -2.07. The van der Waals surface area contributed by atoms with Crippen molar-refractivity contribution in [3.63, 3.8) is 0 Å². The molecular formula is C13H9NO2. The fraction of sp³-hybridized carbons (Fsp3) is 0.0769. The molecule has 2 aliphatic carbocycles. The highest BCUT2D eigenvalue weighted by atomic mass is 16.6. The summed E-state index contributed by atoms with van der Waals surface area (Å²) in [5, 5.41) is 12.7. The van der Waals surface area contributed by atoms with Crippen LogP contribution in [0, 0.1) is 16.0 Å². The van der Waals surface area contributed by atoms with Gasteiger partial charge >= 0.3 is 0 Å². The first-order valence-electron chi connectivity index (χ1n) is 5.11. The fourth-order valence-corrected chi connectivity index (χ4v) is 2.23. The molecule has 0 heterocycles. The Morgan fingerprint density at radius 2 is 2.12 bits per heavy atom. The van der Waals surface area contributed by atoms with Crippen LogP contribution in [-0.2, 0) is 0 Å². The Kier molecular flexibility index (Phi) is 1.80. The highest BCUT2D eigenvalue weighted by Gasteiger charge is 2.16. The van der Waals surface area contributed by atoms with Crippen LogP contribution in [0.15, 0.2) is 42.5 Å². The number of nitro groups is 1. The van der Waals surface area contributed by atoms with Crippen molar-refractivity contribution in [1.82, 2.24) is 0 Å². The smallest absolute Gasteiger partial charge is 0.258 e. The van der Waals surface area contributed by atoms with Crippen LogP contribution in [0.5, 0.6) is 0 Å². The van der Waals surface area contributed by atoms with Gasteiger partial charge in [0.25, 0.3) is 5.69 Å². The number of fused-ring (bicyclic) bond motifs is 2. The van der Waals surface area contributed by atoms with Gasteiger partial charge in [0.15, 0.2) is 0 Å². The molecule has 0 aliphatic heterocycles. The van der Waals surface area contributed by atoms with Crippen molar-refractivity contribution in [1.29, 1.82) is 0 Å². The lowest BCUT2D eigenvalue weighted by atomic mass is 9.97. The molecule has 0 amide bonds. The Morgan fingerprint density at radius 3 is 2.94 bits per heavy atom. The molecule has 78 valence electrons. The summed E-state index contributed by atoms with van der Waals surface area (Å²) in [6.07, 6.45) is 10.2. The summed E-state index contributed by atoms with van der Waals surface area (Å²) in [6.45, 7) is 0. The van der Waals surface area contributed by atoms with Gasteiger partial charge in [0, 0.05) is 18.1 Å². The third kappa shape index (κ3) is 1.21. The molecule has 3 rings (SSSR count). The second-order valence-corrected chi connectivity index (χ2v) is 3.92. The van der Waals surface area contributed by atoms with E-state index in [0.717, 1.165) is 10.4 Å². The summed E-state index contributed by atoms with van der Waals surface area (Å²) in [7, 11) is 0. The zero-order chi connectivity index (χ0) is 11.1. The standard InChI is InChI=1S/C13H9NO2/c15-14(16)11-5-6-13-10(8-11)7-9-3-1-2-4-12(9)13/h1-9H. The summed E-state index contributed by atoms with van der Waals surface area (Å²) in [5.41, 5.74) is 1.38. The number of hydrogen-bond donors (Lipinski definition) is 0. The van der Waals surface area contributed by atoms with E-state index in [1.165, 1.54) is 5.57 Å². The number of hydrogen-bond acceptors (Lipinski definition) is 2. The first-order valence-corrected chi connectivity index (χ1v) is 5.11. The van der Waals surface area contributed by atoms with Crippen LogP contribution >= 0.6 is 0 Å². The second kappa shape index (κ2) is 3.17. The Labute approximate surface area is 91.9 Å². The Balaban J connectivity index is 2.30. The highest BCUT2D eigenvalue weighted by Crippen LogP contribution is 2.22. The third-order valence-electron chi connectivity index (χ3n) is 2.98. The SMILES string of the molecule is O=[N+]([O-])c1ccc2c(c1)=CC1C=CC=CC=21. The minimum absolute atomic E-state index is 0.155. The van der Waals surface area contributed by atoms with Crippen LogP contribution in [0.25, 0.3) is 11.6 Å². The van der Waals surface area contributed by atoms with Crippen LogP contribution in [0.4, 0.5) is 5.69 Å². The average Bonchev–Trinajstić information content (AvgIpc) is 2.66. The molecule has 1 aromatic rings. The van der Waals surface area contributed by atoms with Gasteiger partial charge in [-0.05, 0) is 22.1 Å². The zero-order valence-electron chi connectivity index (χ0n) is 8.46. The Bertz CT molecular complexity index is 653. The lowest BCUT2D eigenvalue weighted by Crippen LogP contribution is -2.22. The number of allylic oxidation sites excluding steroid dienone is 4. The predicted octanol–water partition coefficient (Wildman–Crippen LogP) is 1.28. The number of rotatable bonds is 1. The maximum absolute atomic E-state index is 10.7. The number of non-ortho nitro benzene ring substituents is 1. The normalized spacial score (nSPS) is 20.2. The Morgan fingerprint density at radius 1 is 1.25 bits per heavy atom. The topological polar surface area (TPSA) is 43.1 Å². The van der Waals surface area contributed by atoms with Crippen LogP contribution in [0.3, 0.4) is 0 Å². The summed E-state index contributed by atoms with van der Waals surface area (Å²) >= 11 is 0. The van der Waals surface area contributed by atoms with E-state index in [1.807, 2.05) is 18.2 Å². The molecule has 0 bridgehead atoms. The minimum Gasteiger partial charge on any atom is -0.258 e. The van der Waals surface area contributed by atoms with Gasteiger partial charge in [0.05, 0.1) is 4.92 Å². The van der Waals surface area contributed by atoms with Gasteiger partial charge in [-0.2, -0.15) is 0 Å². The van der Waals surface area contributed by atoms with Crippen molar-refractivity contribution in [2.24, 2.45) is 5.92 Å². The molecule has 3 heteroatoms. The number of nitrogens with zero attached hydrogens (tertiary/aromatic N) is 1. The van der Waals surface area contributed by atoms with Gasteiger partial charge in [0.2, 0.25) is 0 Å². The van der Waals surface area contributed by atoms with Gasteiger partial charge in [0.1, 0.15) is 0 Å². The van der Waals surface area contributed by atoms with Gasteiger partial charge in [-0.1, -0.05) is 30.4 Å². The molecule has 0 saturated heterocycles. The molecule has 16 heavy (non-hydrogen) atoms. The van der Waals surface area contributed by atoms with Crippen LogP contribution in [0.2, 0.25) is 0 Å². The quantitative estimate of drug-likeness (QED) is 0.518. The molecule has 0 saturated carbocycles. The summed E-state index contributed by atoms with van der Waals surface area (Å²) in [4.78, 5) is 10.3. The van der Waals surface area contributed by atoms with Crippen molar-refractivity contribution in [2.45, 2.75) is 0 Å². The van der Waals surface area contributed by atoms with E-state index in [1.54, 1.807) is 12.1 Å².